The minimum absolute atomic E-state index is 0.212. The maximum Gasteiger partial charge on any atom is 0.142 e. The van der Waals surface area contributed by atoms with Crippen molar-refractivity contribution in [3.05, 3.63) is 101 Å². The van der Waals surface area contributed by atoms with Crippen LogP contribution in [0, 0.1) is 11.3 Å². The number of halogens is 1. The molecule has 0 spiro atoms. The lowest BCUT2D eigenvalue weighted by Gasteiger charge is -2.12. The van der Waals surface area contributed by atoms with Crippen LogP contribution >= 0.6 is 15.9 Å². The molecule has 5 heteroatoms. The highest BCUT2D eigenvalue weighted by Gasteiger charge is 2.14. The normalized spacial score (nSPS) is 10.4. The lowest BCUT2D eigenvalue weighted by atomic mass is 9.98. The van der Waals surface area contributed by atoms with Crippen LogP contribution in [0.5, 0.6) is 5.75 Å². The summed E-state index contributed by atoms with van der Waals surface area (Å²) in [6.45, 7) is 0.470. The van der Waals surface area contributed by atoms with Gasteiger partial charge in [0.05, 0.1) is 5.69 Å². The van der Waals surface area contributed by atoms with E-state index in [2.05, 4.69) is 27.0 Å². The van der Waals surface area contributed by atoms with Crippen molar-refractivity contribution < 1.29 is 4.74 Å². The van der Waals surface area contributed by atoms with Gasteiger partial charge in [-0.2, -0.15) is 5.26 Å². The lowest BCUT2D eigenvalue weighted by molar-refractivity contribution is 0.306. The number of nitrogens with two attached hydrogens (primary N) is 1. The van der Waals surface area contributed by atoms with Gasteiger partial charge in [0.2, 0.25) is 0 Å². The van der Waals surface area contributed by atoms with Crippen molar-refractivity contribution in [2.24, 2.45) is 0 Å². The maximum absolute atomic E-state index is 9.67. The number of hydrogen-bond donors (Lipinski definition) is 1. The molecule has 0 atom stereocenters. The van der Waals surface area contributed by atoms with Crippen LogP contribution in [0.4, 0.5) is 5.82 Å². The van der Waals surface area contributed by atoms with Gasteiger partial charge in [0, 0.05) is 15.6 Å². The first-order valence-electron chi connectivity index (χ1n) is 9.38. The van der Waals surface area contributed by atoms with E-state index >= 15 is 0 Å². The Morgan fingerprint density at radius 1 is 0.900 bits per heavy atom. The number of hydrogen-bond acceptors (Lipinski definition) is 4. The fraction of sp³-hybridized carbons (Fsp3) is 0.0400. The monoisotopic (exact) mass is 455 g/mol. The molecular weight excluding hydrogens is 438 g/mol. The highest BCUT2D eigenvalue weighted by Crippen LogP contribution is 2.33. The summed E-state index contributed by atoms with van der Waals surface area (Å²) in [5.41, 5.74) is 10.8. The molecule has 4 aromatic rings. The molecule has 0 amide bonds. The predicted octanol–water partition coefficient (Wildman–Crippen LogP) is 6.21. The van der Waals surface area contributed by atoms with E-state index in [-0.39, 0.29) is 5.82 Å². The highest BCUT2D eigenvalue weighted by atomic mass is 79.9. The zero-order valence-corrected chi connectivity index (χ0v) is 17.6. The van der Waals surface area contributed by atoms with Crippen LogP contribution in [0.2, 0.25) is 0 Å². The van der Waals surface area contributed by atoms with Gasteiger partial charge < -0.3 is 10.5 Å². The van der Waals surface area contributed by atoms with E-state index in [1.807, 2.05) is 84.9 Å². The van der Waals surface area contributed by atoms with Gasteiger partial charge in [0.15, 0.2) is 0 Å². The van der Waals surface area contributed by atoms with Gasteiger partial charge in [-0.15, -0.1) is 0 Å². The van der Waals surface area contributed by atoms with Crippen molar-refractivity contribution in [2.45, 2.75) is 6.61 Å². The summed E-state index contributed by atoms with van der Waals surface area (Å²) in [5.74, 6) is 0.935. The molecular formula is C25H18BrN3O. The second kappa shape index (κ2) is 8.81. The van der Waals surface area contributed by atoms with E-state index in [1.165, 1.54) is 0 Å². The SMILES string of the molecule is N#Cc1c(-c2cccc(OCc3ccccc3)c2)cc(-c2ccc(Br)cc2)nc1N. The van der Waals surface area contributed by atoms with Gasteiger partial charge in [-0.05, 0) is 41.5 Å². The molecule has 2 N–H and O–H groups in total. The standard InChI is InChI=1S/C25H18BrN3O/c26-20-11-9-18(10-12-20)24-14-22(23(15-27)25(28)29-24)19-7-4-8-21(13-19)30-16-17-5-2-1-3-6-17/h1-14H,16H2,(H2,28,29). The molecule has 4 rings (SSSR count). The van der Waals surface area contributed by atoms with Crippen molar-refractivity contribution >= 4 is 21.7 Å². The van der Waals surface area contributed by atoms with Crippen LogP contribution in [-0.2, 0) is 6.61 Å². The minimum Gasteiger partial charge on any atom is -0.489 e. The molecule has 0 aliphatic carbocycles. The second-order valence-corrected chi connectivity index (χ2v) is 7.65. The van der Waals surface area contributed by atoms with Crippen molar-refractivity contribution in [1.82, 2.24) is 4.98 Å². The van der Waals surface area contributed by atoms with Crippen LogP contribution in [0.25, 0.3) is 22.4 Å². The van der Waals surface area contributed by atoms with E-state index in [9.17, 15) is 5.26 Å². The third-order valence-corrected chi connectivity index (χ3v) is 5.22. The number of pyridine rings is 1. The Bertz CT molecular complexity index is 1220. The Labute approximate surface area is 183 Å². The highest BCUT2D eigenvalue weighted by molar-refractivity contribution is 9.10. The molecule has 0 unspecified atom stereocenters. The quantitative estimate of drug-likeness (QED) is 0.388. The number of benzene rings is 3. The second-order valence-electron chi connectivity index (χ2n) is 6.74. The molecule has 1 aromatic heterocycles. The summed E-state index contributed by atoms with van der Waals surface area (Å²) in [7, 11) is 0. The van der Waals surface area contributed by atoms with Crippen LogP contribution in [0.15, 0.2) is 89.4 Å². The molecule has 146 valence electrons. The summed E-state index contributed by atoms with van der Waals surface area (Å²) >= 11 is 3.44. The third-order valence-electron chi connectivity index (χ3n) is 4.69. The molecule has 30 heavy (non-hydrogen) atoms. The number of nitriles is 1. The van der Waals surface area contributed by atoms with Crippen LogP contribution in [0.1, 0.15) is 11.1 Å². The summed E-state index contributed by atoms with van der Waals surface area (Å²) in [6, 6.07) is 29.6. The fourth-order valence-electron chi connectivity index (χ4n) is 3.17. The Balaban J connectivity index is 1.70. The number of nitrogen functional groups attached to an aromatic ring is 1. The Hall–Kier alpha value is -3.62. The number of anilines is 1. The molecule has 0 fully saturated rings. The molecule has 0 aliphatic heterocycles. The number of rotatable bonds is 5. The Kier molecular flexibility index (Phi) is 5.78. The van der Waals surface area contributed by atoms with Crippen molar-refractivity contribution in [1.29, 1.82) is 5.26 Å². The number of ether oxygens (including phenoxy) is 1. The Morgan fingerprint density at radius 2 is 1.67 bits per heavy atom. The molecule has 0 bridgehead atoms. The van der Waals surface area contributed by atoms with Gasteiger partial charge in [-0.3, -0.25) is 0 Å². The smallest absolute Gasteiger partial charge is 0.142 e. The molecule has 4 nitrogen and oxygen atoms in total. The van der Waals surface area contributed by atoms with E-state index in [1.54, 1.807) is 0 Å². The van der Waals surface area contributed by atoms with Crippen LogP contribution in [-0.4, -0.2) is 4.98 Å². The zero-order valence-electron chi connectivity index (χ0n) is 16.0. The van der Waals surface area contributed by atoms with Gasteiger partial charge in [0.25, 0.3) is 0 Å². The fourth-order valence-corrected chi connectivity index (χ4v) is 3.44. The minimum atomic E-state index is 0.212. The summed E-state index contributed by atoms with van der Waals surface area (Å²) in [5, 5.41) is 9.67. The van der Waals surface area contributed by atoms with Crippen LogP contribution in [0.3, 0.4) is 0 Å². The van der Waals surface area contributed by atoms with Gasteiger partial charge in [-0.25, -0.2) is 4.98 Å². The summed E-state index contributed by atoms with van der Waals surface area (Å²) in [4.78, 5) is 4.44. The number of aromatic nitrogens is 1. The van der Waals surface area contributed by atoms with E-state index < -0.39 is 0 Å². The first-order chi connectivity index (χ1) is 14.6. The topological polar surface area (TPSA) is 71.9 Å². The molecule has 0 saturated carbocycles. The molecule has 3 aromatic carbocycles. The van der Waals surface area contributed by atoms with Gasteiger partial charge in [-0.1, -0.05) is 70.5 Å². The summed E-state index contributed by atoms with van der Waals surface area (Å²) in [6.07, 6.45) is 0. The van der Waals surface area contributed by atoms with Gasteiger partial charge in [0.1, 0.15) is 29.8 Å². The molecule has 0 aliphatic rings. The first kappa shape index (κ1) is 19.7. The van der Waals surface area contributed by atoms with Crippen molar-refractivity contribution in [3.8, 4) is 34.2 Å². The average Bonchev–Trinajstić information content (AvgIpc) is 2.78. The molecule has 0 saturated heterocycles. The van der Waals surface area contributed by atoms with Crippen molar-refractivity contribution in [3.63, 3.8) is 0 Å². The van der Waals surface area contributed by atoms with Crippen molar-refractivity contribution in [2.75, 3.05) is 5.73 Å². The predicted molar refractivity (Wildman–Crippen MR) is 123 cm³/mol. The van der Waals surface area contributed by atoms with E-state index in [0.717, 1.165) is 32.5 Å². The number of nitrogens with zero attached hydrogens (tertiary/aromatic N) is 2. The largest absolute Gasteiger partial charge is 0.489 e. The third kappa shape index (κ3) is 4.35. The van der Waals surface area contributed by atoms with Gasteiger partial charge >= 0.3 is 0 Å². The zero-order chi connectivity index (χ0) is 20.9. The maximum atomic E-state index is 9.67. The molecule has 1 heterocycles. The first-order valence-corrected chi connectivity index (χ1v) is 10.2. The van der Waals surface area contributed by atoms with E-state index in [4.69, 9.17) is 10.5 Å². The van der Waals surface area contributed by atoms with Crippen LogP contribution < -0.4 is 10.5 Å². The van der Waals surface area contributed by atoms with E-state index in [0.29, 0.717) is 17.9 Å². The summed E-state index contributed by atoms with van der Waals surface area (Å²) < 4.78 is 6.93. The molecule has 0 radical (unpaired) electrons. The average molecular weight is 456 g/mol. The Morgan fingerprint density at radius 3 is 2.40 bits per heavy atom. The lowest BCUT2D eigenvalue weighted by Crippen LogP contribution is -2.00.